The maximum Gasteiger partial charge on any atom is 0.310 e. The number of aromatic nitrogens is 4. The Morgan fingerprint density at radius 3 is 2.67 bits per heavy atom. The maximum atomic E-state index is 13.0. The number of amides is 2. The van der Waals surface area contributed by atoms with Gasteiger partial charge in [0.15, 0.2) is 5.65 Å². The van der Waals surface area contributed by atoms with Gasteiger partial charge in [-0.05, 0) is 44.7 Å². The predicted octanol–water partition coefficient (Wildman–Crippen LogP) is 0.601. The smallest absolute Gasteiger partial charge is 0.310 e. The summed E-state index contributed by atoms with van der Waals surface area (Å²) in [7, 11) is 1.68. The number of piperidine rings is 2. The van der Waals surface area contributed by atoms with Crippen LogP contribution in [0.25, 0.3) is 5.65 Å². The lowest BCUT2D eigenvalue weighted by atomic mass is 9.95. The average Bonchev–Trinajstić information content (AvgIpc) is 3.32. The van der Waals surface area contributed by atoms with E-state index in [2.05, 4.69) is 20.2 Å². The van der Waals surface area contributed by atoms with Crippen molar-refractivity contribution in [2.24, 2.45) is 11.8 Å². The molecule has 2 fully saturated rings. The number of nitrogens with zero attached hydrogens (tertiary/aromatic N) is 7. The minimum absolute atomic E-state index is 0.0100. The van der Waals surface area contributed by atoms with E-state index in [4.69, 9.17) is 4.74 Å². The van der Waals surface area contributed by atoms with E-state index in [1.54, 1.807) is 29.7 Å². The quantitative estimate of drug-likeness (QED) is 0.580. The molecule has 2 saturated heterocycles. The van der Waals surface area contributed by atoms with Crippen LogP contribution >= 0.6 is 0 Å². The lowest BCUT2D eigenvalue weighted by Gasteiger charge is -2.35. The van der Waals surface area contributed by atoms with Crippen LogP contribution in [0.5, 0.6) is 0 Å². The fraction of sp³-hybridized carbons (Fsp3) is 0.636. The van der Waals surface area contributed by atoms with Crippen LogP contribution in [0.15, 0.2) is 18.5 Å². The topological polar surface area (TPSA) is 113 Å². The Labute approximate surface area is 192 Å². The van der Waals surface area contributed by atoms with E-state index in [0.717, 1.165) is 18.7 Å². The highest BCUT2D eigenvalue weighted by Crippen LogP contribution is 2.24. The maximum absolute atomic E-state index is 13.0. The first kappa shape index (κ1) is 22.9. The molecule has 1 atom stereocenters. The van der Waals surface area contributed by atoms with Gasteiger partial charge in [0.1, 0.15) is 12.1 Å². The SMILES string of the molecule is CCOC(=O)C1CCCN(C(=O)CN(C)C(=O)C2CCN(c3ccc4nncn4n3)CC2)C1. The Balaban J connectivity index is 1.27. The molecule has 2 aromatic rings. The molecular formula is C22H31N7O4. The van der Waals surface area contributed by atoms with Gasteiger partial charge in [0.05, 0.1) is 19.1 Å². The normalized spacial score (nSPS) is 19.5. The first-order valence-electron chi connectivity index (χ1n) is 11.6. The van der Waals surface area contributed by atoms with Gasteiger partial charge in [-0.15, -0.1) is 15.3 Å². The van der Waals surface area contributed by atoms with Gasteiger partial charge in [0.2, 0.25) is 11.8 Å². The third-order valence-electron chi connectivity index (χ3n) is 6.46. The number of carbonyl (C=O) groups excluding carboxylic acids is 3. The standard InChI is InChI=1S/C22H31N7O4/c1-3-33-22(32)17-5-4-10-28(13-17)20(30)14-26(2)21(31)16-8-11-27(12-9-16)19-7-6-18-24-23-15-29(18)25-19/h6-7,15-17H,3-5,8-14H2,1-2H3. The molecule has 2 amide bonds. The van der Waals surface area contributed by atoms with Crippen molar-refractivity contribution in [2.75, 3.05) is 51.3 Å². The van der Waals surface area contributed by atoms with Crippen molar-refractivity contribution in [3.8, 4) is 0 Å². The molecule has 4 heterocycles. The van der Waals surface area contributed by atoms with Crippen molar-refractivity contribution in [3.05, 3.63) is 18.5 Å². The number of esters is 1. The van der Waals surface area contributed by atoms with E-state index in [-0.39, 0.29) is 36.2 Å². The number of hydrogen-bond donors (Lipinski definition) is 0. The Kier molecular flexibility index (Phi) is 7.05. The van der Waals surface area contributed by atoms with Crippen molar-refractivity contribution >= 4 is 29.2 Å². The average molecular weight is 458 g/mol. The Morgan fingerprint density at radius 1 is 1.12 bits per heavy atom. The van der Waals surface area contributed by atoms with Crippen molar-refractivity contribution in [2.45, 2.75) is 32.6 Å². The molecule has 11 nitrogen and oxygen atoms in total. The summed E-state index contributed by atoms with van der Waals surface area (Å²) in [4.78, 5) is 43.2. The minimum atomic E-state index is -0.279. The summed E-state index contributed by atoms with van der Waals surface area (Å²) in [6.07, 6.45) is 4.47. The highest BCUT2D eigenvalue weighted by atomic mass is 16.5. The van der Waals surface area contributed by atoms with Crippen LogP contribution in [0, 0.1) is 11.8 Å². The van der Waals surface area contributed by atoms with Gasteiger partial charge in [-0.3, -0.25) is 14.4 Å². The van der Waals surface area contributed by atoms with Gasteiger partial charge in [0.25, 0.3) is 0 Å². The molecule has 0 spiro atoms. The second-order valence-electron chi connectivity index (χ2n) is 8.71. The molecule has 4 rings (SSSR count). The number of anilines is 1. The lowest BCUT2D eigenvalue weighted by Crippen LogP contribution is -2.48. The van der Waals surface area contributed by atoms with E-state index >= 15 is 0 Å². The van der Waals surface area contributed by atoms with Crippen LogP contribution in [0.3, 0.4) is 0 Å². The summed E-state index contributed by atoms with van der Waals surface area (Å²) in [6.45, 7) is 4.55. The number of carbonyl (C=O) groups is 3. The van der Waals surface area contributed by atoms with E-state index in [0.29, 0.717) is 51.3 Å². The number of fused-ring (bicyclic) bond motifs is 1. The summed E-state index contributed by atoms with van der Waals surface area (Å²) >= 11 is 0. The monoisotopic (exact) mass is 457 g/mol. The molecule has 0 saturated carbocycles. The van der Waals surface area contributed by atoms with Gasteiger partial charge < -0.3 is 19.4 Å². The molecule has 11 heteroatoms. The summed E-state index contributed by atoms with van der Waals surface area (Å²) in [5.74, 6) is 0.0558. The van der Waals surface area contributed by atoms with Crippen molar-refractivity contribution in [1.82, 2.24) is 29.6 Å². The van der Waals surface area contributed by atoms with E-state index in [9.17, 15) is 14.4 Å². The summed E-state index contributed by atoms with van der Waals surface area (Å²) in [6, 6.07) is 3.79. The van der Waals surface area contributed by atoms with Crippen LogP contribution in [-0.2, 0) is 19.1 Å². The fourth-order valence-corrected chi connectivity index (χ4v) is 4.59. The zero-order chi connectivity index (χ0) is 23.4. The van der Waals surface area contributed by atoms with Crippen LogP contribution in [0.4, 0.5) is 5.82 Å². The van der Waals surface area contributed by atoms with Gasteiger partial charge in [-0.1, -0.05) is 0 Å². The summed E-state index contributed by atoms with van der Waals surface area (Å²) in [5, 5.41) is 12.3. The van der Waals surface area contributed by atoms with Crippen LogP contribution in [-0.4, -0.2) is 93.8 Å². The molecule has 0 bridgehead atoms. The molecule has 1 unspecified atom stereocenters. The number of rotatable bonds is 6. The molecular weight excluding hydrogens is 426 g/mol. The first-order valence-corrected chi connectivity index (χ1v) is 11.6. The highest BCUT2D eigenvalue weighted by Gasteiger charge is 2.32. The zero-order valence-electron chi connectivity index (χ0n) is 19.2. The van der Waals surface area contributed by atoms with Gasteiger partial charge in [0, 0.05) is 39.1 Å². The lowest BCUT2D eigenvalue weighted by molar-refractivity contribution is -0.152. The molecule has 0 aromatic carbocycles. The summed E-state index contributed by atoms with van der Waals surface area (Å²) in [5.41, 5.74) is 0.692. The van der Waals surface area contributed by atoms with Gasteiger partial charge in [-0.25, -0.2) is 0 Å². The number of hydrogen-bond acceptors (Lipinski definition) is 8. The fourth-order valence-electron chi connectivity index (χ4n) is 4.59. The zero-order valence-corrected chi connectivity index (χ0v) is 19.2. The Bertz CT molecular complexity index is 1000. The largest absolute Gasteiger partial charge is 0.466 e. The number of likely N-dealkylation sites (tertiary alicyclic amines) is 1. The Hall–Kier alpha value is -3.24. The third-order valence-corrected chi connectivity index (χ3v) is 6.46. The van der Waals surface area contributed by atoms with Crippen molar-refractivity contribution < 1.29 is 19.1 Å². The van der Waals surface area contributed by atoms with E-state index in [1.165, 1.54) is 4.90 Å². The molecule has 178 valence electrons. The van der Waals surface area contributed by atoms with Gasteiger partial charge >= 0.3 is 5.97 Å². The molecule has 33 heavy (non-hydrogen) atoms. The number of likely N-dealkylation sites (N-methyl/N-ethyl adjacent to an activating group) is 1. The molecule has 2 aliphatic heterocycles. The van der Waals surface area contributed by atoms with Crippen molar-refractivity contribution in [1.29, 1.82) is 0 Å². The molecule has 0 aliphatic carbocycles. The van der Waals surface area contributed by atoms with Crippen molar-refractivity contribution in [3.63, 3.8) is 0 Å². The van der Waals surface area contributed by atoms with Gasteiger partial charge in [-0.2, -0.15) is 4.52 Å². The summed E-state index contributed by atoms with van der Waals surface area (Å²) < 4.78 is 6.75. The molecule has 0 N–H and O–H groups in total. The predicted molar refractivity (Wildman–Crippen MR) is 119 cm³/mol. The first-order chi connectivity index (χ1) is 16.0. The molecule has 2 aromatic heterocycles. The second kappa shape index (κ2) is 10.1. The third kappa shape index (κ3) is 5.23. The Morgan fingerprint density at radius 2 is 1.91 bits per heavy atom. The number of ether oxygens (including phenoxy) is 1. The second-order valence-corrected chi connectivity index (χ2v) is 8.71. The van der Waals surface area contributed by atoms with E-state index in [1.807, 2.05) is 12.1 Å². The van der Waals surface area contributed by atoms with Crippen LogP contribution < -0.4 is 4.90 Å². The molecule has 0 radical (unpaired) electrons. The molecule has 2 aliphatic rings. The van der Waals surface area contributed by atoms with Crippen LogP contribution in [0.1, 0.15) is 32.6 Å². The van der Waals surface area contributed by atoms with Crippen LogP contribution in [0.2, 0.25) is 0 Å². The highest BCUT2D eigenvalue weighted by molar-refractivity contribution is 5.86. The van der Waals surface area contributed by atoms with E-state index < -0.39 is 0 Å². The minimum Gasteiger partial charge on any atom is -0.466 e.